The van der Waals surface area contributed by atoms with Gasteiger partial charge >= 0.3 is 0 Å². The van der Waals surface area contributed by atoms with Crippen LogP contribution in [0.5, 0.6) is 11.5 Å². The SMILES string of the molecule is CCCOc1c(I)cc(C=Nc2ccccc2)cc1OCC. The van der Waals surface area contributed by atoms with Crippen molar-refractivity contribution in [3.05, 3.63) is 51.6 Å². The van der Waals surface area contributed by atoms with E-state index in [4.69, 9.17) is 9.47 Å². The lowest BCUT2D eigenvalue weighted by atomic mass is 10.2. The Morgan fingerprint density at radius 1 is 1.09 bits per heavy atom. The fraction of sp³-hybridized carbons (Fsp3) is 0.278. The van der Waals surface area contributed by atoms with Gasteiger partial charge in [-0.1, -0.05) is 25.1 Å². The van der Waals surface area contributed by atoms with Crippen LogP contribution in [0.1, 0.15) is 25.8 Å². The van der Waals surface area contributed by atoms with Gasteiger partial charge in [-0.05, 0) is 65.8 Å². The van der Waals surface area contributed by atoms with Crippen LogP contribution in [-0.4, -0.2) is 19.4 Å². The quantitative estimate of drug-likeness (QED) is 0.463. The van der Waals surface area contributed by atoms with Crippen molar-refractivity contribution in [2.75, 3.05) is 13.2 Å². The monoisotopic (exact) mass is 409 g/mol. The van der Waals surface area contributed by atoms with E-state index in [1.165, 1.54) is 0 Å². The van der Waals surface area contributed by atoms with Gasteiger partial charge < -0.3 is 9.47 Å². The van der Waals surface area contributed by atoms with E-state index >= 15 is 0 Å². The number of rotatable bonds is 7. The molecule has 0 aliphatic rings. The van der Waals surface area contributed by atoms with E-state index in [9.17, 15) is 0 Å². The summed E-state index contributed by atoms with van der Waals surface area (Å²) in [4.78, 5) is 4.49. The number of benzene rings is 2. The van der Waals surface area contributed by atoms with Crippen molar-refractivity contribution in [1.29, 1.82) is 0 Å². The van der Waals surface area contributed by atoms with Gasteiger partial charge in [-0.3, -0.25) is 4.99 Å². The van der Waals surface area contributed by atoms with Crippen LogP contribution in [0.15, 0.2) is 47.5 Å². The lowest BCUT2D eigenvalue weighted by molar-refractivity contribution is 0.275. The number of para-hydroxylation sites is 1. The molecule has 2 aromatic rings. The summed E-state index contributed by atoms with van der Waals surface area (Å²) in [5.74, 6) is 1.60. The third kappa shape index (κ3) is 4.73. The molecule has 0 bridgehead atoms. The predicted molar refractivity (Wildman–Crippen MR) is 99.8 cm³/mol. The molecule has 0 saturated carbocycles. The van der Waals surface area contributed by atoms with Crippen molar-refractivity contribution in [1.82, 2.24) is 0 Å². The lowest BCUT2D eigenvalue weighted by Crippen LogP contribution is -2.02. The summed E-state index contributed by atoms with van der Waals surface area (Å²) in [6.45, 7) is 5.36. The maximum atomic E-state index is 5.81. The van der Waals surface area contributed by atoms with Crippen LogP contribution in [0, 0.1) is 3.57 Å². The third-order valence-corrected chi connectivity index (χ3v) is 3.70. The van der Waals surface area contributed by atoms with Crippen LogP contribution in [0.2, 0.25) is 0 Å². The smallest absolute Gasteiger partial charge is 0.174 e. The third-order valence-electron chi connectivity index (χ3n) is 2.90. The molecule has 3 nitrogen and oxygen atoms in total. The first-order valence-corrected chi connectivity index (χ1v) is 8.50. The molecule has 0 N–H and O–H groups in total. The van der Waals surface area contributed by atoms with Crippen LogP contribution in [-0.2, 0) is 0 Å². The van der Waals surface area contributed by atoms with Crippen molar-refractivity contribution in [2.45, 2.75) is 20.3 Å². The van der Waals surface area contributed by atoms with Crippen LogP contribution >= 0.6 is 22.6 Å². The van der Waals surface area contributed by atoms with E-state index in [0.29, 0.717) is 13.2 Å². The number of ether oxygens (including phenoxy) is 2. The highest BCUT2D eigenvalue weighted by Gasteiger charge is 2.11. The Labute approximate surface area is 145 Å². The molecule has 0 fully saturated rings. The average molecular weight is 409 g/mol. The van der Waals surface area contributed by atoms with Crippen molar-refractivity contribution in [2.24, 2.45) is 4.99 Å². The molecular weight excluding hydrogens is 389 g/mol. The zero-order chi connectivity index (χ0) is 15.8. The van der Waals surface area contributed by atoms with E-state index in [-0.39, 0.29) is 0 Å². The van der Waals surface area contributed by atoms with E-state index in [1.807, 2.05) is 49.5 Å². The predicted octanol–water partition coefficient (Wildman–Crippen LogP) is 5.23. The highest BCUT2D eigenvalue weighted by Crippen LogP contribution is 2.34. The Morgan fingerprint density at radius 3 is 2.55 bits per heavy atom. The Bertz CT molecular complexity index is 626. The second-order valence-corrected chi connectivity index (χ2v) is 5.87. The molecule has 22 heavy (non-hydrogen) atoms. The Kier molecular flexibility index (Phi) is 6.71. The standard InChI is InChI=1S/C18H20INO2/c1-3-10-22-18-16(19)11-14(12-17(18)21-4-2)13-20-15-8-6-5-7-9-15/h5-9,11-13H,3-4,10H2,1-2H3. The van der Waals surface area contributed by atoms with Gasteiger partial charge in [0.2, 0.25) is 0 Å². The largest absolute Gasteiger partial charge is 0.490 e. The van der Waals surface area contributed by atoms with Crippen molar-refractivity contribution in [3.8, 4) is 11.5 Å². The van der Waals surface area contributed by atoms with Gasteiger partial charge in [0.25, 0.3) is 0 Å². The minimum Gasteiger partial charge on any atom is -0.490 e. The summed E-state index contributed by atoms with van der Waals surface area (Å²) in [5.41, 5.74) is 1.93. The van der Waals surface area contributed by atoms with Crippen molar-refractivity contribution >= 4 is 34.5 Å². The Balaban J connectivity index is 2.27. The molecule has 0 saturated heterocycles. The second-order valence-electron chi connectivity index (χ2n) is 4.71. The van der Waals surface area contributed by atoms with E-state index in [1.54, 1.807) is 0 Å². The average Bonchev–Trinajstić information content (AvgIpc) is 2.53. The van der Waals surface area contributed by atoms with Gasteiger partial charge in [-0.25, -0.2) is 0 Å². The van der Waals surface area contributed by atoms with E-state index in [0.717, 1.165) is 32.7 Å². The molecule has 0 atom stereocenters. The zero-order valence-electron chi connectivity index (χ0n) is 12.9. The molecule has 0 heterocycles. The lowest BCUT2D eigenvalue weighted by Gasteiger charge is -2.14. The van der Waals surface area contributed by atoms with Gasteiger partial charge in [-0.15, -0.1) is 0 Å². The molecule has 0 aromatic heterocycles. The summed E-state index contributed by atoms with van der Waals surface area (Å²) in [5, 5.41) is 0. The van der Waals surface area contributed by atoms with Crippen LogP contribution in [0.4, 0.5) is 5.69 Å². The Hall–Kier alpha value is -1.56. The van der Waals surface area contributed by atoms with Gasteiger partial charge in [0.1, 0.15) is 0 Å². The summed E-state index contributed by atoms with van der Waals surface area (Å²) in [6, 6.07) is 13.9. The van der Waals surface area contributed by atoms with Gasteiger partial charge in [0, 0.05) is 6.21 Å². The number of hydrogen-bond acceptors (Lipinski definition) is 3. The van der Waals surface area contributed by atoms with Gasteiger partial charge in [0.05, 0.1) is 22.5 Å². The maximum absolute atomic E-state index is 5.81. The van der Waals surface area contributed by atoms with Crippen LogP contribution in [0.3, 0.4) is 0 Å². The molecular formula is C18H20INO2. The Morgan fingerprint density at radius 2 is 1.86 bits per heavy atom. The van der Waals surface area contributed by atoms with Crippen molar-refractivity contribution in [3.63, 3.8) is 0 Å². The first-order valence-electron chi connectivity index (χ1n) is 7.42. The molecule has 116 valence electrons. The summed E-state index contributed by atoms with van der Waals surface area (Å²) < 4.78 is 12.6. The highest BCUT2D eigenvalue weighted by molar-refractivity contribution is 14.1. The number of aliphatic imine (C=N–C) groups is 1. The van der Waals surface area contributed by atoms with Crippen molar-refractivity contribution < 1.29 is 9.47 Å². The van der Waals surface area contributed by atoms with Gasteiger partial charge in [0.15, 0.2) is 11.5 Å². The highest BCUT2D eigenvalue weighted by atomic mass is 127. The van der Waals surface area contributed by atoms with Crippen LogP contribution < -0.4 is 9.47 Å². The molecule has 2 aromatic carbocycles. The summed E-state index contributed by atoms with van der Waals surface area (Å²) in [6.07, 6.45) is 2.82. The summed E-state index contributed by atoms with van der Waals surface area (Å²) >= 11 is 2.28. The molecule has 0 amide bonds. The van der Waals surface area contributed by atoms with Crippen LogP contribution in [0.25, 0.3) is 0 Å². The fourth-order valence-electron chi connectivity index (χ4n) is 1.93. The van der Waals surface area contributed by atoms with E-state index < -0.39 is 0 Å². The fourth-order valence-corrected chi connectivity index (χ4v) is 2.71. The zero-order valence-corrected chi connectivity index (χ0v) is 15.0. The number of halogens is 1. The number of nitrogens with zero attached hydrogens (tertiary/aromatic N) is 1. The first-order chi connectivity index (χ1) is 10.7. The minimum atomic E-state index is 0.609. The normalized spacial score (nSPS) is 10.9. The first kappa shape index (κ1) is 16.8. The molecule has 2 rings (SSSR count). The molecule has 4 heteroatoms. The molecule has 0 spiro atoms. The molecule has 0 radical (unpaired) electrons. The molecule has 0 aliphatic heterocycles. The second kappa shape index (κ2) is 8.78. The summed E-state index contributed by atoms with van der Waals surface area (Å²) in [7, 11) is 0. The minimum absolute atomic E-state index is 0.609. The van der Waals surface area contributed by atoms with Gasteiger partial charge in [-0.2, -0.15) is 0 Å². The molecule has 0 aliphatic carbocycles. The van der Waals surface area contributed by atoms with E-state index in [2.05, 4.69) is 40.6 Å². The topological polar surface area (TPSA) is 30.8 Å². The maximum Gasteiger partial charge on any atom is 0.174 e. The number of hydrogen-bond donors (Lipinski definition) is 0. The molecule has 0 unspecified atom stereocenters.